The molecular weight excluding hydrogens is 365 g/mol. The molecule has 0 aliphatic carbocycles. The Balaban J connectivity index is 1.73. The first-order valence-electron chi connectivity index (χ1n) is 8.67. The minimum Gasteiger partial charge on any atom is -0.478 e. The molecule has 10 heteroatoms. The second kappa shape index (κ2) is 7.73. The van der Waals surface area contributed by atoms with Crippen LogP contribution in [0.25, 0.3) is 0 Å². The standard InChI is InChI=1S/C17H21F3N4O3/c1-10-15(25)23-12-4-2-3-11(14(12)27-10)16(26)22-9-13(17(18,19)20)24-7-5-21-6-8-24/h2-4,10,13,21H,5-9H2,1H3,(H,22,26)(H,23,25). The largest absolute Gasteiger partial charge is 0.478 e. The molecule has 2 atom stereocenters. The molecule has 27 heavy (non-hydrogen) atoms. The summed E-state index contributed by atoms with van der Waals surface area (Å²) in [6.45, 7) is 2.42. The molecule has 2 amide bonds. The van der Waals surface area contributed by atoms with E-state index in [-0.39, 0.29) is 30.3 Å². The normalized spacial score (nSPS) is 21.6. The maximum atomic E-state index is 13.4. The predicted octanol–water partition coefficient (Wildman–Crippen LogP) is 0.972. The summed E-state index contributed by atoms with van der Waals surface area (Å²) in [5, 5.41) is 7.98. The van der Waals surface area contributed by atoms with Gasteiger partial charge in [-0.3, -0.25) is 14.5 Å². The second-order valence-corrected chi connectivity index (χ2v) is 6.48. The number of piperazine rings is 1. The maximum absolute atomic E-state index is 13.4. The Morgan fingerprint density at radius 3 is 2.74 bits per heavy atom. The van der Waals surface area contributed by atoms with Gasteiger partial charge in [0.25, 0.3) is 11.8 Å². The highest BCUT2D eigenvalue weighted by Gasteiger charge is 2.44. The van der Waals surface area contributed by atoms with E-state index in [2.05, 4.69) is 16.0 Å². The van der Waals surface area contributed by atoms with Crippen LogP contribution in [0.4, 0.5) is 18.9 Å². The minimum absolute atomic E-state index is 0.0839. The number of fused-ring (bicyclic) bond motifs is 1. The van der Waals surface area contributed by atoms with E-state index in [4.69, 9.17) is 4.74 Å². The molecule has 0 radical (unpaired) electrons. The Labute approximate surface area is 154 Å². The highest BCUT2D eigenvalue weighted by molar-refractivity contribution is 6.03. The lowest BCUT2D eigenvalue weighted by Gasteiger charge is -2.36. The summed E-state index contributed by atoms with van der Waals surface area (Å²) in [5.41, 5.74) is 0.404. The molecule has 7 nitrogen and oxygen atoms in total. The summed E-state index contributed by atoms with van der Waals surface area (Å²) in [7, 11) is 0. The van der Waals surface area contributed by atoms with Gasteiger partial charge in [-0.15, -0.1) is 0 Å². The van der Waals surface area contributed by atoms with Gasteiger partial charge in [-0.05, 0) is 19.1 Å². The van der Waals surface area contributed by atoms with Crippen molar-refractivity contribution in [3.05, 3.63) is 23.8 Å². The lowest BCUT2D eigenvalue weighted by molar-refractivity contribution is -0.183. The zero-order valence-electron chi connectivity index (χ0n) is 14.7. The number of rotatable bonds is 4. The molecule has 148 valence electrons. The van der Waals surface area contributed by atoms with Gasteiger partial charge in [-0.25, -0.2) is 0 Å². The molecule has 2 aliphatic rings. The second-order valence-electron chi connectivity index (χ2n) is 6.48. The van der Waals surface area contributed by atoms with E-state index in [1.807, 2.05) is 0 Å². The number of carbonyl (C=O) groups is 2. The van der Waals surface area contributed by atoms with Crippen LogP contribution in [0.5, 0.6) is 5.75 Å². The van der Waals surface area contributed by atoms with Crippen molar-refractivity contribution in [1.82, 2.24) is 15.5 Å². The van der Waals surface area contributed by atoms with Gasteiger partial charge in [-0.2, -0.15) is 13.2 Å². The molecule has 0 bridgehead atoms. The van der Waals surface area contributed by atoms with Crippen LogP contribution in [0.2, 0.25) is 0 Å². The SMILES string of the molecule is CC1Oc2c(cccc2C(=O)NCC(N2CCNCC2)C(F)(F)F)NC1=O. The molecule has 2 aliphatic heterocycles. The number of hydrogen-bond acceptors (Lipinski definition) is 5. The van der Waals surface area contributed by atoms with Crippen molar-refractivity contribution in [3.8, 4) is 5.75 Å². The monoisotopic (exact) mass is 386 g/mol. The molecule has 3 N–H and O–H groups in total. The number of para-hydroxylation sites is 1. The summed E-state index contributed by atoms with van der Waals surface area (Å²) in [5.74, 6) is -0.872. The molecule has 0 saturated carbocycles. The highest BCUT2D eigenvalue weighted by atomic mass is 19.4. The average molecular weight is 386 g/mol. The van der Waals surface area contributed by atoms with Crippen molar-refractivity contribution >= 4 is 17.5 Å². The van der Waals surface area contributed by atoms with E-state index < -0.39 is 30.8 Å². The van der Waals surface area contributed by atoms with Crippen molar-refractivity contribution in [2.45, 2.75) is 25.2 Å². The Kier molecular flexibility index (Phi) is 5.56. The lowest BCUT2D eigenvalue weighted by Crippen LogP contribution is -2.57. The van der Waals surface area contributed by atoms with E-state index in [1.165, 1.54) is 24.0 Å². The maximum Gasteiger partial charge on any atom is 0.405 e. The van der Waals surface area contributed by atoms with Gasteiger partial charge in [0.1, 0.15) is 6.04 Å². The van der Waals surface area contributed by atoms with E-state index in [0.29, 0.717) is 18.8 Å². The minimum atomic E-state index is -4.46. The first-order chi connectivity index (χ1) is 12.8. The van der Waals surface area contributed by atoms with Crippen LogP contribution in [0.15, 0.2) is 18.2 Å². The number of ether oxygens (including phenoxy) is 1. The van der Waals surface area contributed by atoms with E-state index in [1.54, 1.807) is 6.07 Å². The van der Waals surface area contributed by atoms with Crippen LogP contribution < -0.4 is 20.7 Å². The fraction of sp³-hybridized carbons (Fsp3) is 0.529. The summed E-state index contributed by atoms with van der Waals surface area (Å²) in [6, 6.07) is 2.79. The smallest absolute Gasteiger partial charge is 0.405 e. The number of benzene rings is 1. The predicted molar refractivity (Wildman–Crippen MR) is 91.8 cm³/mol. The summed E-state index contributed by atoms with van der Waals surface area (Å²) in [4.78, 5) is 25.5. The summed E-state index contributed by atoms with van der Waals surface area (Å²) in [6.07, 6.45) is -5.25. The molecule has 1 aromatic rings. The molecule has 3 rings (SSSR count). The number of alkyl halides is 3. The summed E-state index contributed by atoms with van der Waals surface area (Å²) >= 11 is 0. The molecular formula is C17H21F3N4O3. The quantitative estimate of drug-likeness (QED) is 0.719. The van der Waals surface area contributed by atoms with Crippen LogP contribution in [0.3, 0.4) is 0 Å². The fourth-order valence-electron chi connectivity index (χ4n) is 3.14. The molecule has 2 heterocycles. The molecule has 0 aromatic heterocycles. The first kappa shape index (κ1) is 19.4. The molecule has 1 saturated heterocycles. The van der Waals surface area contributed by atoms with Gasteiger partial charge in [0.05, 0.1) is 11.3 Å². The highest BCUT2D eigenvalue weighted by Crippen LogP contribution is 2.33. The lowest BCUT2D eigenvalue weighted by atomic mass is 10.1. The van der Waals surface area contributed by atoms with Gasteiger partial charge < -0.3 is 20.7 Å². The van der Waals surface area contributed by atoms with Gasteiger partial charge in [0.2, 0.25) is 0 Å². The number of halogens is 3. The third-order valence-corrected chi connectivity index (χ3v) is 4.61. The number of anilines is 1. The van der Waals surface area contributed by atoms with Crippen LogP contribution in [0.1, 0.15) is 17.3 Å². The van der Waals surface area contributed by atoms with Gasteiger partial charge >= 0.3 is 6.18 Å². The first-order valence-corrected chi connectivity index (χ1v) is 8.67. The Morgan fingerprint density at radius 2 is 2.07 bits per heavy atom. The van der Waals surface area contributed by atoms with Crippen LogP contribution in [0, 0.1) is 0 Å². The van der Waals surface area contributed by atoms with Crippen molar-refractivity contribution in [1.29, 1.82) is 0 Å². The van der Waals surface area contributed by atoms with E-state index >= 15 is 0 Å². The topological polar surface area (TPSA) is 82.7 Å². The van der Waals surface area contributed by atoms with Gasteiger partial charge in [0.15, 0.2) is 11.9 Å². The average Bonchev–Trinajstić information content (AvgIpc) is 2.62. The number of nitrogens with zero attached hydrogens (tertiary/aromatic N) is 1. The van der Waals surface area contributed by atoms with E-state index in [9.17, 15) is 22.8 Å². The third-order valence-electron chi connectivity index (χ3n) is 4.61. The van der Waals surface area contributed by atoms with Gasteiger partial charge in [-0.1, -0.05) is 6.07 Å². The zero-order valence-corrected chi connectivity index (χ0v) is 14.7. The van der Waals surface area contributed by atoms with Gasteiger partial charge in [0, 0.05) is 32.7 Å². The van der Waals surface area contributed by atoms with Crippen LogP contribution >= 0.6 is 0 Å². The Morgan fingerprint density at radius 1 is 1.37 bits per heavy atom. The van der Waals surface area contributed by atoms with E-state index in [0.717, 1.165) is 0 Å². The fourth-order valence-corrected chi connectivity index (χ4v) is 3.14. The van der Waals surface area contributed by atoms with Crippen molar-refractivity contribution < 1.29 is 27.5 Å². The number of nitrogens with one attached hydrogen (secondary N) is 3. The van der Waals surface area contributed by atoms with Crippen molar-refractivity contribution in [2.24, 2.45) is 0 Å². The van der Waals surface area contributed by atoms with Crippen molar-refractivity contribution in [3.63, 3.8) is 0 Å². The summed E-state index contributed by atoms with van der Waals surface area (Å²) < 4.78 is 45.8. The van der Waals surface area contributed by atoms with Crippen LogP contribution in [-0.2, 0) is 4.79 Å². The molecule has 1 fully saturated rings. The number of carbonyl (C=O) groups excluding carboxylic acids is 2. The zero-order chi connectivity index (χ0) is 19.6. The molecule has 2 unspecified atom stereocenters. The Bertz CT molecular complexity index is 720. The molecule has 1 aromatic carbocycles. The number of hydrogen-bond donors (Lipinski definition) is 3. The molecule has 0 spiro atoms. The third kappa shape index (κ3) is 4.33. The Hall–Kier alpha value is -2.33. The van der Waals surface area contributed by atoms with Crippen molar-refractivity contribution in [2.75, 3.05) is 38.0 Å². The van der Waals surface area contributed by atoms with Crippen LogP contribution in [-0.4, -0.2) is 67.8 Å². The number of amides is 2.